The van der Waals surface area contributed by atoms with Crippen LogP contribution in [0.25, 0.3) is 0 Å². The third-order valence-corrected chi connectivity index (χ3v) is 2.89. The van der Waals surface area contributed by atoms with Crippen LogP contribution in [0.5, 0.6) is 11.5 Å². The molecule has 0 atom stereocenters. The summed E-state index contributed by atoms with van der Waals surface area (Å²) in [6.45, 7) is 5.73. The maximum absolute atomic E-state index is 14.3. The monoisotopic (exact) mass is 317 g/mol. The molecular weight excluding hydrogens is 297 g/mol. The van der Waals surface area contributed by atoms with Gasteiger partial charge in [0.15, 0.2) is 11.6 Å². The van der Waals surface area contributed by atoms with E-state index in [1.54, 1.807) is 6.92 Å². The highest BCUT2D eigenvalue weighted by molar-refractivity contribution is 5.55. The molecule has 0 bridgehead atoms. The number of ether oxygens (including phenoxy) is 2. The van der Waals surface area contributed by atoms with E-state index in [-0.39, 0.29) is 17.3 Å². The van der Waals surface area contributed by atoms with Crippen molar-refractivity contribution in [1.29, 1.82) is 0 Å². The molecule has 0 spiro atoms. The van der Waals surface area contributed by atoms with E-state index in [0.29, 0.717) is 16.9 Å². The number of benzene rings is 1. The lowest BCUT2D eigenvalue weighted by Crippen LogP contribution is -1.99. The van der Waals surface area contributed by atoms with Gasteiger partial charge in [-0.1, -0.05) is 25.7 Å². The van der Waals surface area contributed by atoms with E-state index in [9.17, 15) is 4.39 Å². The number of anilines is 1. The van der Waals surface area contributed by atoms with Crippen LogP contribution in [-0.4, -0.2) is 24.2 Å². The summed E-state index contributed by atoms with van der Waals surface area (Å²) in [7, 11) is 2.89. The molecule has 0 aliphatic carbocycles. The largest absolute Gasteiger partial charge is 0.496 e. The number of rotatable bonds is 2. The summed E-state index contributed by atoms with van der Waals surface area (Å²) >= 11 is 0. The highest BCUT2D eigenvalue weighted by Gasteiger charge is 2.15. The second kappa shape index (κ2) is 8.59. The van der Waals surface area contributed by atoms with Crippen molar-refractivity contribution in [1.82, 2.24) is 9.97 Å². The molecule has 2 N–H and O–H groups in total. The Morgan fingerprint density at radius 1 is 1.04 bits per heavy atom. The Balaban J connectivity index is 0.00000127. The molecule has 23 heavy (non-hydrogen) atoms. The average Bonchev–Trinajstić information content (AvgIpc) is 2.58. The molecule has 0 amide bonds. The number of hydrogen-bond acceptors (Lipinski definition) is 5. The molecule has 122 valence electrons. The van der Waals surface area contributed by atoms with Gasteiger partial charge >= 0.3 is 0 Å². The number of aromatic nitrogens is 2. The molecular formula is C17H20FN3O2. The van der Waals surface area contributed by atoms with Crippen molar-refractivity contribution in [2.24, 2.45) is 0 Å². The average molecular weight is 317 g/mol. The van der Waals surface area contributed by atoms with Gasteiger partial charge in [0.05, 0.1) is 25.3 Å². The number of hydrogen-bond donors (Lipinski definition) is 1. The molecule has 0 aliphatic rings. The number of nitrogens with zero attached hydrogens (tertiary/aromatic N) is 2. The Labute approximate surface area is 135 Å². The van der Waals surface area contributed by atoms with Crippen molar-refractivity contribution in [3.63, 3.8) is 0 Å². The lowest BCUT2D eigenvalue weighted by Gasteiger charge is -2.11. The molecule has 2 rings (SSSR count). The van der Waals surface area contributed by atoms with Gasteiger partial charge in [-0.2, -0.15) is 0 Å². The molecule has 0 unspecified atom stereocenters. The fourth-order valence-electron chi connectivity index (χ4n) is 1.75. The Hall–Kier alpha value is -2.81. The quantitative estimate of drug-likeness (QED) is 0.862. The van der Waals surface area contributed by atoms with E-state index < -0.39 is 5.82 Å². The van der Waals surface area contributed by atoms with Crippen LogP contribution in [0.3, 0.4) is 0 Å². The Morgan fingerprint density at radius 2 is 1.61 bits per heavy atom. The van der Waals surface area contributed by atoms with Crippen molar-refractivity contribution in [3.05, 3.63) is 41.0 Å². The van der Waals surface area contributed by atoms with Crippen LogP contribution in [-0.2, 0) is 0 Å². The summed E-state index contributed by atoms with van der Waals surface area (Å²) < 4.78 is 24.5. The zero-order valence-electron chi connectivity index (χ0n) is 13.9. The number of nitrogen functional groups attached to an aromatic ring is 1. The minimum absolute atomic E-state index is 0.0790. The Kier molecular flexibility index (Phi) is 6.81. The third-order valence-electron chi connectivity index (χ3n) is 2.89. The van der Waals surface area contributed by atoms with Crippen LogP contribution in [0.4, 0.5) is 10.3 Å². The first kappa shape index (κ1) is 18.2. The zero-order valence-corrected chi connectivity index (χ0v) is 13.9. The molecule has 1 aromatic carbocycles. The molecule has 1 aromatic heterocycles. The van der Waals surface area contributed by atoms with Crippen molar-refractivity contribution >= 4 is 5.95 Å². The predicted molar refractivity (Wildman–Crippen MR) is 88.0 cm³/mol. The van der Waals surface area contributed by atoms with E-state index in [4.69, 9.17) is 15.2 Å². The second-order valence-corrected chi connectivity index (χ2v) is 4.18. The van der Waals surface area contributed by atoms with Gasteiger partial charge < -0.3 is 15.2 Å². The van der Waals surface area contributed by atoms with Gasteiger partial charge in [0.1, 0.15) is 5.75 Å². The van der Waals surface area contributed by atoms with Crippen molar-refractivity contribution in [3.8, 4) is 23.3 Å². The first-order chi connectivity index (χ1) is 11.1. The number of nitrogens with two attached hydrogens (primary N) is 1. The van der Waals surface area contributed by atoms with Crippen molar-refractivity contribution in [2.45, 2.75) is 20.8 Å². The number of halogens is 1. The fraction of sp³-hybridized carbons (Fsp3) is 0.294. The van der Waals surface area contributed by atoms with Gasteiger partial charge in [-0.25, -0.2) is 14.4 Å². The number of methoxy groups -OCH3 is 2. The smallest absolute Gasteiger partial charge is 0.219 e. The van der Waals surface area contributed by atoms with E-state index in [0.717, 1.165) is 0 Å². The molecule has 0 radical (unpaired) electrons. The van der Waals surface area contributed by atoms with Gasteiger partial charge in [0.2, 0.25) is 5.95 Å². The highest BCUT2D eigenvalue weighted by atomic mass is 19.1. The van der Waals surface area contributed by atoms with Crippen LogP contribution < -0.4 is 15.2 Å². The fourth-order valence-corrected chi connectivity index (χ4v) is 1.75. The van der Waals surface area contributed by atoms with E-state index >= 15 is 0 Å². The van der Waals surface area contributed by atoms with Crippen LogP contribution in [0, 0.1) is 24.6 Å². The first-order valence-corrected chi connectivity index (χ1v) is 7.07. The maximum atomic E-state index is 14.3. The summed E-state index contributed by atoms with van der Waals surface area (Å²) in [6.07, 6.45) is 2.94. The van der Waals surface area contributed by atoms with Gasteiger partial charge in [-0.15, -0.1) is 0 Å². The summed E-state index contributed by atoms with van der Waals surface area (Å²) in [5.74, 6) is 5.77. The van der Waals surface area contributed by atoms with E-state index in [2.05, 4.69) is 21.8 Å². The summed E-state index contributed by atoms with van der Waals surface area (Å²) in [6, 6.07) is 1.49. The topological polar surface area (TPSA) is 70.3 Å². The first-order valence-electron chi connectivity index (χ1n) is 7.07. The summed E-state index contributed by atoms with van der Waals surface area (Å²) in [5.41, 5.74) is 6.73. The normalized spacial score (nSPS) is 9.13. The summed E-state index contributed by atoms with van der Waals surface area (Å²) in [5, 5.41) is 0. The molecule has 0 aliphatic heterocycles. The standard InChI is InChI=1S/C15H14FN3O2.C2H6/c1-9-11(5-4-10-7-18-15(17)19-8-10)14(16)13(21-3)6-12(9)20-2;1-2/h6-8H,1-3H3,(H2,17,18,19);1-2H3. The molecule has 6 heteroatoms. The van der Waals surface area contributed by atoms with Crippen LogP contribution in [0.1, 0.15) is 30.5 Å². The van der Waals surface area contributed by atoms with Crippen LogP contribution in [0.15, 0.2) is 18.5 Å². The SMILES string of the molecule is CC.COc1cc(OC)c(F)c(C#Cc2cnc(N)nc2)c1C. The van der Waals surface area contributed by atoms with Crippen molar-refractivity contribution in [2.75, 3.05) is 20.0 Å². The molecule has 0 saturated carbocycles. The van der Waals surface area contributed by atoms with E-state index in [1.165, 1.54) is 32.7 Å². The molecule has 0 fully saturated rings. The van der Waals surface area contributed by atoms with Crippen molar-refractivity contribution < 1.29 is 13.9 Å². The lowest BCUT2D eigenvalue weighted by molar-refractivity contribution is 0.371. The molecule has 0 saturated heterocycles. The Bertz CT molecular complexity index is 691. The molecule has 2 aromatic rings. The molecule has 1 heterocycles. The van der Waals surface area contributed by atoms with Crippen LogP contribution >= 0.6 is 0 Å². The van der Waals surface area contributed by atoms with Gasteiger partial charge in [-0.05, 0) is 6.92 Å². The molecule has 5 nitrogen and oxygen atoms in total. The maximum Gasteiger partial charge on any atom is 0.219 e. The minimum Gasteiger partial charge on any atom is -0.496 e. The van der Waals surface area contributed by atoms with Gasteiger partial charge in [0.25, 0.3) is 0 Å². The van der Waals surface area contributed by atoms with Gasteiger partial charge in [0, 0.05) is 24.0 Å². The second-order valence-electron chi connectivity index (χ2n) is 4.18. The third kappa shape index (κ3) is 4.33. The van der Waals surface area contributed by atoms with E-state index in [1.807, 2.05) is 13.8 Å². The summed E-state index contributed by atoms with van der Waals surface area (Å²) in [4.78, 5) is 7.65. The lowest BCUT2D eigenvalue weighted by atomic mass is 10.1. The van der Waals surface area contributed by atoms with Crippen LogP contribution in [0.2, 0.25) is 0 Å². The zero-order chi connectivity index (χ0) is 17.4. The predicted octanol–water partition coefficient (Wildman–Crippen LogP) is 2.95. The highest BCUT2D eigenvalue weighted by Crippen LogP contribution is 2.31. The Morgan fingerprint density at radius 3 is 2.13 bits per heavy atom. The van der Waals surface area contributed by atoms with Gasteiger partial charge in [-0.3, -0.25) is 0 Å². The minimum atomic E-state index is -0.528.